The Kier molecular flexibility index (Phi) is 2.65. The van der Waals surface area contributed by atoms with Crippen molar-refractivity contribution in [2.75, 3.05) is 0 Å². The molecule has 0 aromatic rings. The molecule has 0 saturated heterocycles. The number of nitrogens with two attached hydrogens (primary N) is 1. The normalized spacial score (nSPS) is 16.3. The highest BCUT2D eigenvalue weighted by molar-refractivity contribution is 4.82. The first-order valence-electron chi connectivity index (χ1n) is 3.33. The molecule has 0 radical (unpaired) electrons. The quantitative estimate of drug-likeness (QED) is 0.580. The zero-order valence-corrected chi connectivity index (χ0v) is 6.68. The Morgan fingerprint density at radius 2 is 1.67 bits per heavy atom. The summed E-state index contributed by atoms with van der Waals surface area (Å²) in [7, 11) is 0. The van der Waals surface area contributed by atoms with Gasteiger partial charge in [-0.15, -0.1) is 0 Å². The molecule has 0 spiro atoms. The molecule has 0 saturated carbocycles. The SMILES string of the molecule is CC(C)C(N)C(C)(C)O. The van der Waals surface area contributed by atoms with E-state index >= 15 is 0 Å². The number of rotatable bonds is 2. The monoisotopic (exact) mass is 131 g/mol. The first-order valence-corrected chi connectivity index (χ1v) is 3.33. The molecule has 0 aliphatic rings. The molecule has 0 aromatic carbocycles. The van der Waals surface area contributed by atoms with Crippen LogP contribution in [-0.2, 0) is 0 Å². The molecule has 0 aliphatic carbocycles. The Morgan fingerprint density at radius 3 is 1.67 bits per heavy atom. The maximum absolute atomic E-state index is 9.33. The molecule has 0 amide bonds. The fourth-order valence-electron chi connectivity index (χ4n) is 0.816. The summed E-state index contributed by atoms with van der Waals surface area (Å²) in [6, 6.07) is -0.127. The summed E-state index contributed by atoms with van der Waals surface area (Å²) in [4.78, 5) is 0. The van der Waals surface area contributed by atoms with Gasteiger partial charge in [-0.05, 0) is 19.8 Å². The minimum Gasteiger partial charge on any atom is -0.389 e. The predicted molar refractivity (Wildman–Crippen MR) is 39.1 cm³/mol. The highest BCUT2D eigenvalue weighted by Gasteiger charge is 2.24. The fraction of sp³-hybridized carbons (Fsp3) is 1.00. The zero-order valence-electron chi connectivity index (χ0n) is 6.68. The Hall–Kier alpha value is -0.0800. The van der Waals surface area contributed by atoms with Crippen molar-refractivity contribution >= 4 is 0 Å². The van der Waals surface area contributed by atoms with Crippen molar-refractivity contribution in [1.82, 2.24) is 0 Å². The first-order chi connectivity index (χ1) is 3.85. The van der Waals surface area contributed by atoms with E-state index < -0.39 is 5.60 Å². The van der Waals surface area contributed by atoms with Crippen LogP contribution in [0.4, 0.5) is 0 Å². The van der Waals surface area contributed by atoms with E-state index in [0.29, 0.717) is 5.92 Å². The van der Waals surface area contributed by atoms with E-state index in [1.807, 2.05) is 13.8 Å². The minimum absolute atomic E-state index is 0.127. The Balaban J connectivity index is 3.88. The molecule has 0 aliphatic heterocycles. The van der Waals surface area contributed by atoms with E-state index in [1.165, 1.54) is 0 Å². The van der Waals surface area contributed by atoms with Gasteiger partial charge in [0, 0.05) is 6.04 Å². The lowest BCUT2D eigenvalue weighted by atomic mass is 9.90. The van der Waals surface area contributed by atoms with Gasteiger partial charge in [0.15, 0.2) is 0 Å². The molecule has 9 heavy (non-hydrogen) atoms. The lowest BCUT2D eigenvalue weighted by molar-refractivity contribution is 0.0362. The van der Waals surface area contributed by atoms with Crippen LogP contribution in [-0.4, -0.2) is 16.7 Å². The van der Waals surface area contributed by atoms with E-state index in [-0.39, 0.29) is 6.04 Å². The summed E-state index contributed by atoms with van der Waals surface area (Å²) < 4.78 is 0. The van der Waals surface area contributed by atoms with Gasteiger partial charge in [-0.3, -0.25) is 0 Å². The predicted octanol–water partition coefficient (Wildman–Crippen LogP) is 0.741. The van der Waals surface area contributed by atoms with Crippen molar-refractivity contribution < 1.29 is 5.11 Å². The lowest BCUT2D eigenvalue weighted by Crippen LogP contribution is -2.46. The van der Waals surface area contributed by atoms with Gasteiger partial charge >= 0.3 is 0 Å². The van der Waals surface area contributed by atoms with Crippen LogP contribution in [0.3, 0.4) is 0 Å². The summed E-state index contributed by atoms with van der Waals surface area (Å²) in [5, 5.41) is 9.33. The van der Waals surface area contributed by atoms with Gasteiger partial charge in [-0.25, -0.2) is 0 Å². The third-order valence-electron chi connectivity index (χ3n) is 1.53. The van der Waals surface area contributed by atoms with Gasteiger partial charge in [0.05, 0.1) is 5.60 Å². The van der Waals surface area contributed by atoms with Crippen molar-refractivity contribution in [2.24, 2.45) is 11.7 Å². The molecule has 0 heterocycles. The summed E-state index contributed by atoms with van der Waals surface area (Å²) >= 11 is 0. The molecule has 2 heteroatoms. The number of aliphatic hydroxyl groups is 1. The maximum atomic E-state index is 9.33. The van der Waals surface area contributed by atoms with E-state index in [4.69, 9.17) is 5.73 Å². The minimum atomic E-state index is -0.742. The molecule has 1 atom stereocenters. The summed E-state index contributed by atoms with van der Waals surface area (Å²) in [5.41, 5.74) is 4.90. The molecular formula is C7H17NO. The van der Waals surface area contributed by atoms with Crippen molar-refractivity contribution in [1.29, 1.82) is 0 Å². The maximum Gasteiger partial charge on any atom is 0.0744 e. The van der Waals surface area contributed by atoms with Crippen molar-refractivity contribution in [3.63, 3.8) is 0 Å². The van der Waals surface area contributed by atoms with Crippen molar-refractivity contribution in [2.45, 2.75) is 39.3 Å². The average molecular weight is 131 g/mol. The van der Waals surface area contributed by atoms with E-state index in [9.17, 15) is 5.11 Å². The highest BCUT2D eigenvalue weighted by atomic mass is 16.3. The second-order valence-electron chi connectivity index (χ2n) is 3.42. The van der Waals surface area contributed by atoms with Gasteiger partial charge in [-0.1, -0.05) is 13.8 Å². The van der Waals surface area contributed by atoms with Crippen LogP contribution in [0.1, 0.15) is 27.7 Å². The number of hydrogen-bond donors (Lipinski definition) is 2. The Morgan fingerprint density at radius 1 is 1.33 bits per heavy atom. The van der Waals surface area contributed by atoms with Crippen molar-refractivity contribution in [3.05, 3.63) is 0 Å². The molecule has 0 bridgehead atoms. The second-order valence-corrected chi connectivity index (χ2v) is 3.42. The topological polar surface area (TPSA) is 46.2 Å². The third kappa shape index (κ3) is 2.82. The van der Waals surface area contributed by atoms with Crippen LogP contribution in [0.2, 0.25) is 0 Å². The van der Waals surface area contributed by atoms with Gasteiger partial charge < -0.3 is 10.8 Å². The first kappa shape index (κ1) is 8.92. The zero-order chi connectivity index (χ0) is 7.65. The smallest absolute Gasteiger partial charge is 0.0744 e. The molecular weight excluding hydrogens is 114 g/mol. The van der Waals surface area contributed by atoms with Crippen LogP contribution in [0.25, 0.3) is 0 Å². The van der Waals surface area contributed by atoms with Crippen LogP contribution in [0.15, 0.2) is 0 Å². The molecule has 56 valence electrons. The third-order valence-corrected chi connectivity index (χ3v) is 1.53. The highest BCUT2D eigenvalue weighted by Crippen LogP contribution is 2.13. The van der Waals surface area contributed by atoms with Crippen molar-refractivity contribution in [3.8, 4) is 0 Å². The standard InChI is InChI=1S/C7H17NO/c1-5(2)6(8)7(3,4)9/h5-6,9H,8H2,1-4H3. The molecule has 0 rings (SSSR count). The number of hydrogen-bond acceptors (Lipinski definition) is 2. The van der Waals surface area contributed by atoms with Gasteiger partial charge in [0.25, 0.3) is 0 Å². The lowest BCUT2D eigenvalue weighted by Gasteiger charge is -2.28. The largest absolute Gasteiger partial charge is 0.389 e. The fourth-order valence-corrected chi connectivity index (χ4v) is 0.816. The average Bonchev–Trinajstić information content (AvgIpc) is 1.62. The van der Waals surface area contributed by atoms with E-state index in [0.717, 1.165) is 0 Å². The molecule has 2 nitrogen and oxygen atoms in total. The van der Waals surface area contributed by atoms with E-state index in [1.54, 1.807) is 13.8 Å². The summed E-state index contributed by atoms with van der Waals surface area (Å²) in [6.45, 7) is 7.47. The summed E-state index contributed by atoms with van der Waals surface area (Å²) in [5.74, 6) is 0.338. The Bertz CT molecular complexity index is 83.4. The van der Waals surface area contributed by atoms with E-state index in [2.05, 4.69) is 0 Å². The summed E-state index contributed by atoms with van der Waals surface area (Å²) in [6.07, 6.45) is 0. The molecule has 1 unspecified atom stereocenters. The Labute approximate surface area is 57.1 Å². The van der Waals surface area contributed by atoms with Gasteiger partial charge in [0.1, 0.15) is 0 Å². The van der Waals surface area contributed by atoms with Crippen LogP contribution < -0.4 is 5.73 Å². The molecule has 0 fully saturated rings. The van der Waals surface area contributed by atoms with Crippen LogP contribution in [0.5, 0.6) is 0 Å². The molecule has 3 N–H and O–H groups in total. The molecule has 0 aromatic heterocycles. The van der Waals surface area contributed by atoms with Gasteiger partial charge in [-0.2, -0.15) is 0 Å². The van der Waals surface area contributed by atoms with Crippen LogP contribution in [0, 0.1) is 5.92 Å². The second kappa shape index (κ2) is 2.67. The van der Waals surface area contributed by atoms with Gasteiger partial charge in [0.2, 0.25) is 0 Å². The van der Waals surface area contributed by atoms with Crippen LogP contribution >= 0.6 is 0 Å².